The van der Waals surface area contributed by atoms with Crippen LogP contribution < -0.4 is 5.48 Å². The molecule has 4 aliphatic rings. The highest BCUT2D eigenvalue weighted by molar-refractivity contribution is 8.76. The molecule has 0 unspecified atom stereocenters. The van der Waals surface area contributed by atoms with Crippen LogP contribution in [0.4, 0.5) is 0 Å². The minimum absolute atomic E-state index is 0.0314. The molecule has 2 N–H and O–H groups in total. The maximum absolute atomic E-state index is 14.2. The second-order valence-corrected chi connectivity index (χ2v) is 22.4. The fourth-order valence-corrected chi connectivity index (χ4v) is 13.6. The van der Waals surface area contributed by atoms with Crippen molar-refractivity contribution >= 4 is 45.4 Å². The van der Waals surface area contributed by atoms with E-state index in [0.29, 0.717) is 55.6 Å². The number of nitrogens with one attached hydrogen (secondary N) is 1. The van der Waals surface area contributed by atoms with Gasteiger partial charge in [0.25, 0.3) is 0 Å². The highest BCUT2D eigenvalue weighted by Gasteiger charge is 2.71. The summed E-state index contributed by atoms with van der Waals surface area (Å²) in [4.78, 5) is 57.5. The van der Waals surface area contributed by atoms with Crippen LogP contribution in [-0.2, 0) is 44.8 Å². The van der Waals surface area contributed by atoms with Gasteiger partial charge >= 0.3 is 17.9 Å². The molecule has 334 valence electrons. The van der Waals surface area contributed by atoms with Gasteiger partial charge in [0.05, 0.1) is 18.1 Å². The molecule has 12 heteroatoms. The lowest BCUT2D eigenvalue weighted by atomic mass is 9.36. The van der Waals surface area contributed by atoms with Crippen LogP contribution in [0.1, 0.15) is 139 Å². The van der Waals surface area contributed by atoms with Gasteiger partial charge in [-0.25, -0.2) is 10.3 Å². The van der Waals surface area contributed by atoms with Crippen molar-refractivity contribution in [3.8, 4) is 0 Å². The van der Waals surface area contributed by atoms with E-state index < -0.39 is 17.8 Å². The van der Waals surface area contributed by atoms with Gasteiger partial charge in [-0.05, 0) is 137 Å². The molecule has 0 radical (unpaired) electrons. The topological polar surface area (TPSA) is 137 Å². The van der Waals surface area contributed by atoms with Gasteiger partial charge in [-0.3, -0.25) is 19.2 Å². The van der Waals surface area contributed by atoms with Gasteiger partial charge in [-0.2, -0.15) is 0 Å². The molecule has 4 fully saturated rings. The zero-order chi connectivity index (χ0) is 44.0. The molecule has 4 saturated carbocycles. The van der Waals surface area contributed by atoms with E-state index in [2.05, 4.69) is 39.3 Å². The van der Waals surface area contributed by atoms with E-state index in [-0.39, 0.29) is 76.4 Å². The van der Waals surface area contributed by atoms with Crippen LogP contribution >= 0.6 is 21.6 Å². The molecular weight excluding hydrogens is 799 g/mol. The van der Waals surface area contributed by atoms with Crippen molar-refractivity contribution in [1.82, 2.24) is 5.48 Å². The maximum atomic E-state index is 14.2. The number of hydrogen-bond acceptors (Lipinski definition) is 11. The summed E-state index contributed by atoms with van der Waals surface area (Å²) in [6.07, 6.45) is 6.87. The Kier molecular flexibility index (Phi) is 16.2. The molecule has 10 nitrogen and oxygen atoms in total. The average molecular weight is 870 g/mol. The smallest absolute Gasteiger partial charge is 0.334 e. The summed E-state index contributed by atoms with van der Waals surface area (Å²) in [6, 6.07) is 9.65. The normalized spacial score (nSPS) is 33.0. The minimum Gasteiger partial charge on any atom is -0.462 e. The van der Waals surface area contributed by atoms with Crippen LogP contribution in [-0.4, -0.2) is 64.3 Å². The fraction of sp³-hybridized carbons (Fsp3) is 0.708. The number of ether oxygens (including phenoxy) is 3. The zero-order valence-electron chi connectivity index (χ0n) is 37.7. The Morgan fingerprint density at radius 1 is 0.917 bits per heavy atom. The van der Waals surface area contributed by atoms with Gasteiger partial charge in [-0.15, -0.1) is 0 Å². The molecule has 4 aliphatic carbocycles. The van der Waals surface area contributed by atoms with E-state index in [0.717, 1.165) is 42.4 Å². The van der Waals surface area contributed by atoms with Gasteiger partial charge in [0.15, 0.2) is 0 Å². The van der Waals surface area contributed by atoms with Crippen LogP contribution in [0.5, 0.6) is 0 Å². The molecule has 60 heavy (non-hydrogen) atoms. The number of fused-ring (bicyclic) bond motifs is 5. The molecule has 0 heterocycles. The number of hydroxylamine groups is 1. The summed E-state index contributed by atoms with van der Waals surface area (Å²) < 4.78 is 18.4. The molecule has 1 amide bonds. The van der Waals surface area contributed by atoms with Crippen molar-refractivity contribution in [2.75, 3.05) is 11.5 Å². The zero-order valence-corrected chi connectivity index (χ0v) is 39.4. The fourth-order valence-electron chi connectivity index (χ4n) is 11.6. The Morgan fingerprint density at radius 3 is 2.25 bits per heavy atom. The highest BCUT2D eigenvalue weighted by atomic mass is 33.1. The lowest BCUT2D eigenvalue weighted by Gasteiger charge is -2.69. The van der Waals surface area contributed by atoms with Crippen molar-refractivity contribution in [1.29, 1.82) is 0 Å². The average Bonchev–Trinajstić information content (AvgIpc) is 3.44. The number of allylic oxidation sites excluding steroid dienone is 2. The number of carbonyl (C=O) groups excluding carboxylic acids is 4. The van der Waals surface area contributed by atoms with Gasteiger partial charge in [0, 0.05) is 30.4 Å². The lowest BCUT2D eigenvalue weighted by molar-refractivity contribution is -0.236. The van der Waals surface area contributed by atoms with Crippen molar-refractivity contribution in [2.45, 2.75) is 164 Å². The quantitative estimate of drug-likeness (QED) is 0.0312. The molecule has 0 aliphatic heterocycles. The standard InChI is InChI=1S/C48H71NO9S2/c1-30(2)15-14-18-34(44(54)55-29-33-16-12-11-13-17-33)42-36-27-37(51)43-46(8)23-20-38(57-41(53)22-26-60-59-25-21-40(52)49-58-45(5,6)7)31(3)35(46)19-24-47(43,9)48(36,10)28-39(42)56-32(4)50/h11-13,15-17,31,35-39,43,51H,14,18-29H2,1-10H3,(H,49,52)/b42-34-/t31-,35-,36-,37+,38+,39-,43-,46-,47-,48-/m0/s1. The van der Waals surface area contributed by atoms with Crippen molar-refractivity contribution in [2.24, 2.45) is 39.9 Å². The molecular formula is C48H71NO9S2. The number of amides is 1. The second-order valence-electron chi connectivity index (χ2n) is 19.7. The van der Waals surface area contributed by atoms with Gasteiger partial charge in [0.2, 0.25) is 5.91 Å². The van der Waals surface area contributed by atoms with Gasteiger partial charge in [-0.1, -0.05) is 91.3 Å². The van der Waals surface area contributed by atoms with Crippen LogP contribution in [0, 0.1) is 39.9 Å². The van der Waals surface area contributed by atoms with Gasteiger partial charge < -0.3 is 19.3 Å². The molecule has 5 rings (SSSR count). The van der Waals surface area contributed by atoms with Crippen LogP contribution in [0.3, 0.4) is 0 Å². The third kappa shape index (κ3) is 11.0. The summed E-state index contributed by atoms with van der Waals surface area (Å²) in [5.41, 5.74) is 4.60. The van der Waals surface area contributed by atoms with E-state index in [1.54, 1.807) is 21.6 Å². The van der Waals surface area contributed by atoms with E-state index in [1.165, 1.54) is 6.92 Å². The first kappa shape index (κ1) is 48.2. The SMILES string of the molecule is CC(=O)O[C@H]1C[C@@]2(C)[C@@H](C[C@@H](O)[C@H]3[C@@]4(C)CC[C@@H](OC(=O)CCSSCCC(=O)NOC(C)(C)C)[C@@H](C)[C@@H]4CC[C@@]32C)/C1=C(\CCC=C(C)C)C(=O)OCc1ccccc1. The molecule has 1 aromatic rings. The number of esters is 3. The first-order valence-corrected chi connectivity index (χ1v) is 24.5. The first-order chi connectivity index (χ1) is 28.2. The Bertz CT molecular complexity index is 1750. The Balaban J connectivity index is 1.30. The second kappa shape index (κ2) is 20.1. The summed E-state index contributed by atoms with van der Waals surface area (Å²) in [6.45, 7) is 20.5. The van der Waals surface area contributed by atoms with Crippen LogP contribution in [0.2, 0.25) is 0 Å². The largest absolute Gasteiger partial charge is 0.462 e. The molecule has 10 atom stereocenters. The predicted molar refractivity (Wildman–Crippen MR) is 238 cm³/mol. The Labute approximate surface area is 366 Å². The van der Waals surface area contributed by atoms with Crippen molar-refractivity contribution < 1.29 is 43.3 Å². The molecule has 0 spiro atoms. The lowest BCUT2D eigenvalue weighted by Crippen LogP contribution is -2.65. The Hall–Kier alpha value is -2.80. The van der Waals surface area contributed by atoms with E-state index in [1.807, 2.05) is 65.0 Å². The summed E-state index contributed by atoms with van der Waals surface area (Å²) >= 11 is 0. The monoisotopic (exact) mass is 869 g/mol. The number of aliphatic hydroxyl groups is 1. The molecule has 0 saturated heterocycles. The molecule has 1 aromatic carbocycles. The minimum atomic E-state index is -0.635. The third-order valence-electron chi connectivity index (χ3n) is 14.4. The number of carbonyl (C=O) groups is 4. The number of aliphatic hydroxyl groups excluding tert-OH is 1. The van der Waals surface area contributed by atoms with Gasteiger partial charge in [0.1, 0.15) is 18.8 Å². The first-order valence-electron chi connectivity index (χ1n) is 22.0. The van der Waals surface area contributed by atoms with Crippen molar-refractivity contribution in [3.05, 3.63) is 58.7 Å². The molecule has 0 aromatic heterocycles. The number of benzene rings is 1. The summed E-state index contributed by atoms with van der Waals surface area (Å²) in [5, 5.41) is 12.5. The third-order valence-corrected chi connectivity index (χ3v) is 16.8. The summed E-state index contributed by atoms with van der Waals surface area (Å²) in [7, 11) is 3.13. The van der Waals surface area contributed by atoms with Crippen molar-refractivity contribution in [3.63, 3.8) is 0 Å². The van der Waals surface area contributed by atoms with E-state index >= 15 is 0 Å². The van der Waals surface area contributed by atoms with Crippen LogP contribution in [0.25, 0.3) is 0 Å². The predicted octanol–water partition coefficient (Wildman–Crippen LogP) is 9.88. The summed E-state index contributed by atoms with van der Waals surface area (Å²) in [5.74, 6) is 0.258. The number of hydrogen-bond donors (Lipinski definition) is 2. The highest BCUT2D eigenvalue weighted by Crippen LogP contribution is 2.74. The van der Waals surface area contributed by atoms with E-state index in [9.17, 15) is 24.3 Å². The molecule has 0 bridgehead atoms. The maximum Gasteiger partial charge on any atom is 0.334 e. The van der Waals surface area contributed by atoms with Crippen LogP contribution in [0.15, 0.2) is 53.1 Å². The van der Waals surface area contributed by atoms with E-state index in [4.69, 9.17) is 19.0 Å². The Morgan fingerprint density at radius 2 is 1.60 bits per heavy atom. The number of rotatable bonds is 16.